The van der Waals surface area contributed by atoms with Crippen LogP contribution < -0.4 is 5.56 Å². The zero-order chi connectivity index (χ0) is 14.8. The Bertz CT molecular complexity index is 660. The van der Waals surface area contributed by atoms with Crippen molar-refractivity contribution in [3.05, 3.63) is 77.3 Å². The second kappa shape index (κ2) is 11.1. The van der Waals surface area contributed by atoms with E-state index in [1.807, 2.05) is 44.2 Å². The van der Waals surface area contributed by atoms with E-state index in [0.29, 0.717) is 15.9 Å². The molecule has 0 atom stereocenters. The molecule has 3 aromatic rings. The third kappa shape index (κ3) is 5.94. The summed E-state index contributed by atoms with van der Waals surface area (Å²) in [5, 5.41) is 0.426. The molecular formula is C16H16N2OW. The molecule has 1 aromatic heterocycles. The Morgan fingerprint density at radius 3 is 2.40 bits per heavy atom. The van der Waals surface area contributed by atoms with Crippen LogP contribution in [-0.2, 0) is 21.1 Å². The van der Waals surface area contributed by atoms with Crippen LogP contribution in [-0.4, -0.2) is 9.96 Å². The molecule has 3 rings (SSSR count). The Kier molecular flexibility index (Phi) is 9.08. The number of hydrogen-bond donors (Lipinski definition) is 1. The number of rotatable bonds is 0. The van der Waals surface area contributed by atoms with E-state index in [0.717, 1.165) is 0 Å². The number of nitrogens with zero attached hydrogens (tertiary/aromatic N) is 1. The van der Waals surface area contributed by atoms with E-state index in [2.05, 4.69) is 17.1 Å². The van der Waals surface area contributed by atoms with Crippen LogP contribution in [0.25, 0.3) is 10.9 Å². The van der Waals surface area contributed by atoms with Crippen molar-refractivity contribution in [1.29, 1.82) is 0 Å². The molecule has 20 heavy (non-hydrogen) atoms. The van der Waals surface area contributed by atoms with E-state index in [1.165, 1.54) is 12.4 Å². The van der Waals surface area contributed by atoms with Gasteiger partial charge in [-0.1, -0.05) is 13.8 Å². The van der Waals surface area contributed by atoms with Gasteiger partial charge < -0.3 is 4.98 Å². The zero-order valence-electron chi connectivity index (χ0n) is 12.4. The molecule has 0 saturated carbocycles. The monoisotopic (exact) mass is 437 g/mol. The number of H-pyrrole nitrogens is 1. The predicted molar refractivity (Wildman–Crippen MR) is 77.8 cm³/mol. The van der Waals surface area contributed by atoms with E-state index in [1.54, 1.807) is 12.1 Å². The zero-order valence-corrected chi connectivity index (χ0v) is 14.3. The molecule has 0 aliphatic carbocycles. The number of aromatic amines is 1. The summed E-state index contributed by atoms with van der Waals surface area (Å²) in [5.74, 6) is 0. The van der Waals surface area contributed by atoms with E-state index < -0.39 is 0 Å². The maximum Gasteiger partial charge on any atom is 2.00 e. The number of aromatic nitrogens is 2. The normalized spacial score (nSPS) is 9.00. The fraction of sp³-hybridized carbons (Fsp3) is 0.125. The van der Waals surface area contributed by atoms with Crippen molar-refractivity contribution in [2.45, 2.75) is 13.8 Å². The Labute approximate surface area is 134 Å². The topological polar surface area (TPSA) is 45.8 Å². The van der Waals surface area contributed by atoms with Crippen LogP contribution >= 0.6 is 0 Å². The second-order valence-electron chi connectivity index (χ2n) is 3.20. The molecule has 1 N–H and O–H groups in total. The van der Waals surface area contributed by atoms with Gasteiger partial charge >= 0.3 is 21.1 Å². The van der Waals surface area contributed by atoms with Gasteiger partial charge in [0.15, 0.2) is 1.41 Å². The minimum absolute atomic E-state index is 0. The molecule has 102 valence electrons. The molecule has 0 amide bonds. The molecule has 0 spiro atoms. The van der Waals surface area contributed by atoms with Crippen LogP contribution in [0.4, 0.5) is 0 Å². The average molecular weight is 437 g/mol. The van der Waals surface area contributed by atoms with Crippen LogP contribution in [0, 0.1) is 12.1 Å². The van der Waals surface area contributed by atoms with Crippen molar-refractivity contribution in [3.63, 3.8) is 0 Å². The largest absolute Gasteiger partial charge is 2.00 e. The number of fused-ring (bicyclic) bond motifs is 1. The first kappa shape index (κ1) is 16.3. The predicted octanol–water partition coefficient (Wildman–Crippen LogP) is 3.23. The maximum absolute atomic E-state index is 11.2. The summed E-state index contributed by atoms with van der Waals surface area (Å²) in [5.41, 5.74) is 0.235. The molecule has 0 radical (unpaired) electrons. The maximum atomic E-state index is 11.2. The van der Waals surface area contributed by atoms with Crippen molar-refractivity contribution in [3.8, 4) is 0 Å². The Hall–Kier alpha value is -1.73. The Balaban J connectivity index is 0.000000379. The smallest absolute Gasteiger partial charge is 0.323 e. The molecule has 4 heteroatoms. The molecule has 0 saturated heterocycles. The fourth-order valence-electron chi connectivity index (χ4n) is 1.26. The van der Waals surface area contributed by atoms with Crippen LogP contribution in [0.15, 0.2) is 59.7 Å². The molecule has 1 heterocycles. The standard InChI is InChI=1S/C8H5N2O.C6H5.C2H6.W/c11-8-6-3-1-2-4-7(6)9-5-10-8;1-2-4-6-5-3-1;1-2;/h2-5H,(H,9,10,11);1-5H;1-2H3;/q2*-1;;+2/i/hD. The van der Waals surface area contributed by atoms with Crippen molar-refractivity contribution < 1.29 is 22.5 Å². The summed E-state index contributed by atoms with van der Waals surface area (Å²) in [7, 11) is 0. The van der Waals surface area contributed by atoms with Crippen LogP contribution in [0.5, 0.6) is 0 Å². The molecular weight excluding hydrogens is 420 g/mol. The third-order valence-electron chi connectivity index (χ3n) is 2.05. The van der Waals surface area contributed by atoms with Crippen LogP contribution in [0.2, 0.25) is 1.41 Å². The summed E-state index contributed by atoms with van der Waals surface area (Å²) in [6, 6.07) is 20.2. The molecule has 0 aliphatic heterocycles. The van der Waals surface area contributed by atoms with Gasteiger partial charge in [0.2, 0.25) is 5.56 Å². The molecule has 0 unspecified atom stereocenters. The number of hydrogen-bond acceptors (Lipinski definition) is 2. The van der Waals surface area contributed by atoms with Crippen molar-refractivity contribution >= 4 is 10.9 Å². The van der Waals surface area contributed by atoms with Gasteiger partial charge in [-0.05, 0) is 10.9 Å². The van der Waals surface area contributed by atoms with Gasteiger partial charge in [-0.3, -0.25) is 9.78 Å². The SMILES string of the molecule is CC.[2H]n1cnc2cc[c-]cc2c1=O.[W+2].[c-]1ccccc1. The number of benzene rings is 2. The molecule has 2 aromatic carbocycles. The van der Waals surface area contributed by atoms with Gasteiger partial charge in [-0.2, -0.15) is 54.6 Å². The van der Waals surface area contributed by atoms with Gasteiger partial charge in [0.25, 0.3) is 0 Å². The molecule has 0 fully saturated rings. The first-order valence-electron chi connectivity index (χ1n) is 6.51. The van der Waals surface area contributed by atoms with Gasteiger partial charge in [-0.15, -0.1) is 6.07 Å². The summed E-state index contributed by atoms with van der Waals surface area (Å²) < 4.78 is 7.13. The average Bonchev–Trinajstić information content (AvgIpc) is 2.55. The molecule has 3 nitrogen and oxygen atoms in total. The van der Waals surface area contributed by atoms with Crippen LogP contribution in [0.1, 0.15) is 13.8 Å². The number of nitrogens with one attached hydrogen (secondary N) is 1. The van der Waals surface area contributed by atoms with Gasteiger partial charge in [-0.25, -0.2) is 0 Å². The first-order valence-corrected chi connectivity index (χ1v) is 6.07. The third-order valence-corrected chi connectivity index (χ3v) is 2.05. The van der Waals surface area contributed by atoms with Gasteiger partial charge in [0.1, 0.15) is 0 Å². The molecule has 0 aliphatic rings. The van der Waals surface area contributed by atoms with E-state index >= 15 is 0 Å². The fourth-order valence-corrected chi connectivity index (χ4v) is 1.26. The first-order chi connectivity index (χ1) is 9.79. The Morgan fingerprint density at radius 1 is 1.15 bits per heavy atom. The van der Waals surface area contributed by atoms with Crippen molar-refractivity contribution in [1.82, 2.24) is 9.96 Å². The Morgan fingerprint density at radius 2 is 1.85 bits per heavy atom. The van der Waals surface area contributed by atoms with Crippen molar-refractivity contribution in [2.24, 2.45) is 0 Å². The minimum atomic E-state index is -0.364. The van der Waals surface area contributed by atoms with E-state index in [-0.39, 0.29) is 26.6 Å². The summed E-state index contributed by atoms with van der Waals surface area (Å²) >= 11 is 0. The summed E-state index contributed by atoms with van der Waals surface area (Å²) in [6.07, 6.45) is 1.19. The van der Waals surface area contributed by atoms with Crippen LogP contribution in [0.3, 0.4) is 0 Å². The van der Waals surface area contributed by atoms with Crippen molar-refractivity contribution in [2.75, 3.05) is 0 Å². The van der Waals surface area contributed by atoms with Gasteiger partial charge in [0, 0.05) is 0 Å². The second-order valence-corrected chi connectivity index (χ2v) is 3.20. The summed E-state index contributed by atoms with van der Waals surface area (Å²) in [6.45, 7) is 4.00. The van der Waals surface area contributed by atoms with E-state index in [9.17, 15) is 4.79 Å². The quantitative estimate of drug-likeness (QED) is 0.550. The van der Waals surface area contributed by atoms with Gasteiger partial charge in [0.05, 0.1) is 6.33 Å². The van der Waals surface area contributed by atoms with E-state index in [4.69, 9.17) is 1.41 Å². The molecule has 0 bridgehead atoms. The minimum Gasteiger partial charge on any atom is -0.323 e. The summed E-state index contributed by atoms with van der Waals surface area (Å²) in [4.78, 5) is 15.8.